The van der Waals surface area contributed by atoms with Gasteiger partial charge in [0.25, 0.3) is 0 Å². The van der Waals surface area contributed by atoms with Crippen molar-refractivity contribution in [1.82, 2.24) is 5.32 Å². The SMILES string of the molecule is COc1ccc(CSCC(=O)N[C@H](C)c2ccc(C(C)(C)C)cc2)cc1. The third-order valence-electron chi connectivity index (χ3n) is 4.32. The fourth-order valence-corrected chi connectivity index (χ4v) is 3.42. The van der Waals surface area contributed by atoms with E-state index >= 15 is 0 Å². The van der Waals surface area contributed by atoms with Gasteiger partial charge >= 0.3 is 0 Å². The minimum absolute atomic E-state index is 0.0121. The number of carbonyl (C=O) groups excluding carboxylic acids is 1. The summed E-state index contributed by atoms with van der Waals surface area (Å²) in [7, 11) is 1.66. The van der Waals surface area contributed by atoms with Crippen LogP contribution in [0.4, 0.5) is 0 Å². The van der Waals surface area contributed by atoms with Crippen LogP contribution in [0.3, 0.4) is 0 Å². The Bertz CT molecular complexity index is 702. The van der Waals surface area contributed by atoms with Crippen LogP contribution < -0.4 is 10.1 Å². The molecule has 1 amide bonds. The zero-order chi connectivity index (χ0) is 19.2. The van der Waals surface area contributed by atoms with Crippen molar-refractivity contribution < 1.29 is 9.53 Å². The smallest absolute Gasteiger partial charge is 0.230 e. The van der Waals surface area contributed by atoms with Crippen LogP contribution in [0.5, 0.6) is 5.75 Å². The van der Waals surface area contributed by atoms with Gasteiger partial charge in [0.15, 0.2) is 0 Å². The summed E-state index contributed by atoms with van der Waals surface area (Å²) in [5, 5.41) is 3.08. The lowest BCUT2D eigenvalue weighted by atomic mass is 9.86. The molecule has 2 aromatic carbocycles. The lowest BCUT2D eigenvalue weighted by Gasteiger charge is -2.20. The molecule has 0 aliphatic carbocycles. The van der Waals surface area contributed by atoms with Crippen LogP contribution in [-0.2, 0) is 16.0 Å². The average Bonchev–Trinajstić information content (AvgIpc) is 2.61. The summed E-state index contributed by atoms with van der Waals surface area (Å²) in [4.78, 5) is 12.2. The number of rotatable bonds is 7. The summed E-state index contributed by atoms with van der Waals surface area (Å²) in [6, 6.07) is 16.5. The van der Waals surface area contributed by atoms with E-state index in [-0.39, 0.29) is 17.4 Å². The van der Waals surface area contributed by atoms with Gasteiger partial charge in [0.1, 0.15) is 5.75 Å². The molecule has 0 spiro atoms. The molecule has 0 aliphatic rings. The van der Waals surface area contributed by atoms with E-state index in [0.29, 0.717) is 5.75 Å². The van der Waals surface area contributed by atoms with Crippen LogP contribution in [0.1, 0.15) is 50.4 Å². The van der Waals surface area contributed by atoms with Gasteiger partial charge in [0, 0.05) is 5.75 Å². The average molecular weight is 372 g/mol. The van der Waals surface area contributed by atoms with Crippen molar-refractivity contribution in [2.75, 3.05) is 12.9 Å². The Morgan fingerprint density at radius 2 is 1.69 bits per heavy atom. The van der Waals surface area contributed by atoms with Crippen LogP contribution in [0, 0.1) is 0 Å². The maximum absolute atomic E-state index is 12.2. The van der Waals surface area contributed by atoms with E-state index in [1.807, 2.05) is 31.2 Å². The Morgan fingerprint density at radius 1 is 1.08 bits per heavy atom. The topological polar surface area (TPSA) is 38.3 Å². The van der Waals surface area contributed by atoms with Crippen molar-refractivity contribution in [3.8, 4) is 5.75 Å². The quantitative estimate of drug-likeness (QED) is 0.735. The number of nitrogens with one attached hydrogen (secondary N) is 1. The van der Waals surface area contributed by atoms with Gasteiger partial charge in [0.05, 0.1) is 18.9 Å². The van der Waals surface area contributed by atoms with Crippen molar-refractivity contribution in [1.29, 1.82) is 0 Å². The summed E-state index contributed by atoms with van der Waals surface area (Å²) in [6.07, 6.45) is 0. The normalized spacial score (nSPS) is 12.5. The maximum atomic E-state index is 12.2. The monoisotopic (exact) mass is 371 g/mol. The zero-order valence-electron chi connectivity index (χ0n) is 16.3. The van der Waals surface area contributed by atoms with Crippen molar-refractivity contribution >= 4 is 17.7 Å². The molecular weight excluding hydrogens is 342 g/mol. The molecule has 0 unspecified atom stereocenters. The fourth-order valence-electron chi connectivity index (χ4n) is 2.62. The number of hydrogen-bond donors (Lipinski definition) is 1. The van der Waals surface area contributed by atoms with E-state index in [2.05, 4.69) is 50.4 Å². The number of carbonyl (C=O) groups is 1. The number of benzene rings is 2. The molecule has 0 fully saturated rings. The third kappa shape index (κ3) is 6.10. The van der Waals surface area contributed by atoms with Gasteiger partial charge in [-0.25, -0.2) is 0 Å². The van der Waals surface area contributed by atoms with Gasteiger partial charge in [-0.05, 0) is 41.2 Å². The summed E-state index contributed by atoms with van der Waals surface area (Å²) in [5.74, 6) is 2.18. The minimum atomic E-state index is 0.0121. The molecule has 26 heavy (non-hydrogen) atoms. The van der Waals surface area contributed by atoms with Crippen LogP contribution in [0.2, 0.25) is 0 Å². The van der Waals surface area contributed by atoms with E-state index in [1.165, 1.54) is 11.1 Å². The van der Waals surface area contributed by atoms with Crippen LogP contribution in [0.15, 0.2) is 48.5 Å². The third-order valence-corrected chi connectivity index (χ3v) is 5.32. The number of amides is 1. The molecule has 140 valence electrons. The summed E-state index contributed by atoms with van der Waals surface area (Å²) < 4.78 is 5.15. The van der Waals surface area contributed by atoms with Gasteiger partial charge < -0.3 is 10.1 Å². The summed E-state index contributed by atoms with van der Waals surface area (Å²) in [6.45, 7) is 8.63. The summed E-state index contributed by atoms with van der Waals surface area (Å²) >= 11 is 1.62. The van der Waals surface area contributed by atoms with E-state index in [1.54, 1.807) is 18.9 Å². The van der Waals surface area contributed by atoms with Gasteiger partial charge in [-0.2, -0.15) is 0 Å². The van der Waals surface area contributed by atoms with Crippen LogP contribution >= 0.6 is 11.8 Å². The molecule has 0 bridgehead atoms. The Labute approximate surface area is 161 Å². The van der Waals surface area contributed by atoms with Crippen molar-refractivity contribution in [3.63, 3.8) is 0 Å². The lowest BCUT2D eigenvalue weighted by Crippen LogP contribution is -2.28. The first kappa shape index (κ1) is 20.4. The predicted molar refractivity (Wildman–Crippen MR) is 111 cm³/mol. The van der Waals surface area contributed by atoms with Crippen molar-refractivity contribution in [3.05, 3.63) is 65.2 Å². The van der Waals surface area contributed by atoms with Gasteiger partial charge in [-0.3, -0.25) is 4.79 Å². The molecule has 3 nitrogen and oxygen atoms in total. The molecule has 0 aliphatic heterocycles. The molecule has 4 heteroatoms. The van der Waals surface area contributed by atoms with Crippen molar-refractivity contribution in [2.45, 2.75) is 44.9 Å². The standard InChI is InChI=1S/C22H29NO2S/c1-16(18-8-10-19(11-9-18)22(2,3)4)23-21(24)15-26-14-17-6-12-20(25-5)13-7-17/h6-13,16H,14-15H2,1-5H3,(H,23,24)/t16-/m1/s1. The van der Waals surface area contributed by atoms with E-state index in [4.69, 9.17) is 4.74 Å². The van der Waals surface area contributed by atoms with Crippen LogP contribution in [0.25, 0.3) is 0 Å². The van der Waals surface area contributed by atoms with Gasteiger partial charge in [-0.1, -0.05) is 57.2 Å². The highest BCUT2D eigenvalue weighted by Gasteiger charge is 2.15. The molecule has 0 aromatic heterocycles. The van der Waals surface area contributed by atoms with E-state index in [0.717, 1.165) is 17.1 Å². The minimum Gasteiger partial charge on any atom is -0.497 e. The number of ether oxygens (including phenoxy) is 1. The molecule has 0 heterocycles. The van der Waals surface area contributed by atoms with Crippen molar-refractivity contribution in [2.24, 2.45) is 0 Å². The first-order valence-electron chi connectivity index (χ1n) is 8.90. The number of thioether (sulfide) groups is 1. The number of methoxy groups -OCH3 is 1. The highest BCUT2D eigenvalue weighted by atomic mass is 32.2. The molecule has 2 aromatic rings. The second-order valence-electron chi connectivity index (χ2n) is 7.50. The number of hydrogen-bond acceptors (Lipinski definition) is 3. The zero-order valence-corrected chi connectivity index (χ0v) is 17.2. The molecule has 1 atom stereocenters. The Hall–Kier alpha value is -1.94. The predicted octanol–water partition coefficient (Wildman–Crippen LogP) is 5.10. The Morgan fingerprint density at radius 3 is 2.23 bits per heavy atom. The molecular formula is C22H29NO2S. The van der Waals surface area contributed by atoms with Gasteiger partial charge in [-0.15, -0.1) is 11.8 Å². The lowest BCUT2D eigenvalue weighted by molar-refractivity contribution is -0.119. The Balaban J connectivity index is 1.79. The largest absolute Gasteiger partial charge is 0.497 e. The fraction of sp³-hybridized carbons (Fsp3) is 0.409. The highest BCUT2D eigenvalue weighted by molar-refractivity contribution is 7.99. The molecule has 0 saturated heterocycles. The van der Waals surface area contributed by atoms with Crippen LogP contribution in [-0.4, -0.2) is 18.8 Å². The van der Waals surface area contributed by atoms with Gasteiger partial charge in [0.2, 0.25) is 5.91 Å². The maximum Gasteiger partial charge on any atom is 0.230 e. The Kier molecular flexibility index (Phi) is 7.15. The summed E-state index contributed by atoms with van der Waals surface area (Å²) in [5.41, 5.74) is 3.76. The molecule has 2 rings (SSSR count). The first-order chi connectivity index (χ1) is 12.3. The molecule has 1 N–H and O–H groups in total. The molecule has 0 saturated carbocycles. The van der Waals surface area contributed by atoms with E-state index < -0.39 is 0 Å². The second-order valence-corrected chi connectivity index (χ2v) is 8.49. The first-order valence-corrected chi connectivity index (χ1v) is 10.1. The highest BCUT2D eigenvalue weighted by Crippen LogP contribution is 2.24. The molecule has 0 radical (unpaired) electrons. The van der Waals surface area contributed by atoms with E-state index in [9.17, 15) is 4.79 Å². The second kappa shape index (κ2) is 9.13.